The average Bonchev–Trinajstić information content (AvgIpc) is 2.37. The van der Waals surface area contributed by atoms with Crippen molar-refractivity contribution in [3.05, 3.63) is 29.8 Å². The van der Waals surface area contributed by atoms with Crippen LogP contribution in [0.25, 0.3) is 0 Å². The number of aliphatic carboxylic acids is 2. The number of carboxylic acid groups (broad SMARTS) is 2. The van der Waals surface area contributed by atoms with Gasteiger partial charge >= 0.3 is 11.9 Å². The minimum absolute atomic E-state index is 0.0129. The average molecular weight is 331 g/mol. The Morgan fingerprint density at radius 2 is 1.59 bits per heavy atom. The molecule has 0 saturated carbocycles. The fraction of sp³-hybridized carbons (Fsp3) is 0.385. The van der Waals surface area contributed by atoms with Crippen molar-refractivity contribution in [2.24, 2.45) is 0 Å². The largest absolute Gasteiger partial charge is 0.480 e. The third-order valence-electron chi connectivity index (χ3n) is 2.67. The number of rotatable bonds is 9. The lowest BCUT2D eigenvalue weighted by molar-refractivity contribution is -0.141. The zero-order valence-corrected chi connectivity index (χ0v) is 12.7. The molecule has 2 N–H and O–H groups in total. The van der Waals surface area contributed by atoms with Gasteiger partial charge in [-0.15, -0.1) is 0 Å². The van der Waals surface area contributed by atoms with Gasteiger partial charge in [-0.1, -0.05) is 17.7 Å². The number of carbonyl (C=O) groups is 2. The van der Waals surface area contributed by atoms with E-state index in [2.05, 4.69) is 0 Å². The van der Waals surface area contributed by atoms with Crippen LogP contribution in [0.4, 0.5) is 0 Å². The van der Waals surface area contributed by atoms with Crippen molar-refractivity contribution in [3.8, 4) is 0 Å². The second kappa shape index (κ2) is 7.87. The van der Waals surface area contributed by atoms with Gasteiger partial charge in [-0.2, -0.15) is 8.42 Å². The molecule has 0 amide bonds. The van der Waals surface area contributed by atoms with Crippen LogP contribution in [0.2, 0.25) is 0 Å². The van der Waals surface area contributed by atoms with Gasteiger partial charge in [-0.25, -0.2) is 0 Å². The summed E-state index contributed by atoms with van der Waals surface area (Å²) in [5.41, 5.74) is 0.896. The number of benzene rings is 1. The highest BCUT2D eigenvalue weighted by Crippen LogP contribution is 2.13. The molecule has 1 rings (SSSR count). The lowest BCUT2D eigenvalue weighted by Crippen LogP contribution is -2.37. The van der Waals surface area contributed by atoms with E-state index < -0.39 is 35.1 Å². The maximum Gasteiger partial charge on any atom is 0.317 e. The SMILES string of the molecule is Cc1ccc(S(=O)(=O)OCCN(CC(=O)O)CC(=O)O)cc1. The predicted octanol–water partition coefficient (Wildman–Crippen LogP) is 0.172. The lowest BCUT2D eigenvalue weighted by atomic mass is 10.2. The number of aryl methyl sites for hydroxylation is 1. The van der Waals surface area contributed by atoms with Gasteiger partial charge in [0.25, 0.3) is 10.1 Å². The highest BCUT2D eigenvalue weighted by Gasteiger charge is 2.17. The van der Waals surface area contributed by atoms with E-state index in [9.17, 15) is 18.0 Å². The Bertz CT molecular complexity index is 608. The Morgan fingerprint density at radius 1 is 1.09 bits per heavy atom. The molecule has 0 heterocycles. The molecule has 1 aromatic carbocycles. The molecule has 0 fully saturated rings. The van der Waals surface area contributed by atoms with Crippen LogP contribution in [-0.4, -0.2) is 61.7 Å². The smallest absolute Gasteiger partial charge is 0.317 e. The van der Waals surface area contributed by atoms with E-state index in [1.807, 2.05) is 6.92 Å². The van der Waals surface area contributed by atoms with E-state index >= 15 is 0 Å². The number of hydrogen-bond acceptors (Lipinski definition) is 6. The summed E-state index contributed by atoms with van der Waals surface area (Å²) in [7, 11) is -3.95. The summed E-state index contributed by atoms with van der Waals surface area (Å²) >= 11 is 0. The maximum absolute atomic E-state index is 11.9. The van der Waals surface area contributed by atoms with Crippen molar-refractivity contribution < 1.29 is 32.4 Å². The Labute approximate surface area is 128 Å². The third-order valence-corrected chi connectivity index (χ3v) is 4.00. The van der Waals surface area contributed by atoms with Crippen LogP contribution in [0, 0.1) is 6.92 Å². The van der Waals surface area contributed by atoms with Crippen LogP contribution >= 0.6 is 0 Å². The van der Waals surface area contributed by atoms with Crippen molar-refractivity contribution in [1.29, 1.82) is 0 Å². The topological polar surface area (TPSA) is 121 Å². The molecule has 0 saturated heterocycles. The summed E-state index contributed by atoms with van der Waals surface area (Å²) in [6.45, 7) is 0.313. The van der Waals surface area contributed by atoms with Gasteiger partial charge < -0.3 is 10.2 Å². The van der Waals surface area contributed by atoms with Crippen molar-refractivity contribution in [3.63, 3.8) is 0 Å². The zero-order valence-electron chi connectivity index (χ0n) is 11.9. The molecule has 0 aliphatic carbocycles. The molecular formula is C13H17NO7S. The van der Waals surface area contributed by atoms with Crippen molar-refractivity contribution in [2.75, 3.05) is 26.2 Å². The van der Waals surface area contributed by atoms with E-state index in [-0.39, 0.29) is 18.0 Å². The molecule has 1 aromatic rings. The fourth-order valence-corrected chi connectivity index (χ4v) is 2.55. The first-order chi connectivity index (χ1) is 10.2. The summed E-state index contributed by atoms with van der Waals surface area (Å²) in [6.07, 6.45) is 0. The Morgan fingerprint density at radius 3 is 2.05 bits per heavy atom. The second-order valence-corrected chi connectivity index (χ2v) is 6.20. The summed E-state index contributed by atoms with van der Waals surface area (Å²) in [4.78, 5) is 22.3. The molecule has 0 bridgehead atoms. The maximum atomic E-state index is 11.9. The van der Waals surface area contributed by atoms with Gasteiger partial charge in [0.1, 0.15) is 0 Å². The summed E-state index contributed by atoms with van der Waals surface area (Å²) in [5.74, 6) is -2.41. The van der Waals surface area contributed by atoms with Crippen LogP contribution in [-0.2, 0) is 23.9 Å². The van der Waals surface area contributed by atoms with Crippen molar-refractivity contribution >= 4 is 22.1 Å². The van der Waals surface area contributed by atoms with Crippen LogP contribution in [0.3, 0.4) is 0 Å². The van der Waals surface area contributed by atoms with E-state index in [0.717, 1.165) is 10.5 Å². The molecule has 9 heteroatoms. The molecule has 0 unspecified atom stereocenters. The quantitative estimate of drug-likeness (QED) is 0.614. The predicted molar refractivity (Wildman–Crippen MR) is 76.0 cm³/mol. The Balaban J connectivity index is 2.61. The van der Waals surface area contributed by atoms with Crippen molar-refractivity contribution in [1.82, 2.24) is 4.90 Å². The van der Waals surface area contributed by atoms with Gasteiger partial charge in [-0.3, -0.25) is 18.7 Å². The molecule has 0 radical (unpaired) electrons. The zero-order chi connectivity index (χ0) is 16.8. The first-order valence-corrected chi connectivity index (χ1v) is 7.73. The van der Waals surface area contributed by atoms with Crippen LogP contribution in [0.5, 0.6) is 0 Å². The number of hydrogen-bond donors (Lipinski definition) is 2. The van der Waals surface area contributed by atoms with Crippen LogP contribution in [0.1, 0.15) is 5.56 Å². The molecule has 0 atom stereocenters. The summed E-state index contributed by atoms with van der Waals surface area (Å²) in [5, 5.41) is 17.3. The van der Waals surface area contributed by atoms with E-state index in [1.165, 1.54) is 12.1 Å². The summed E-state index contributed by atoms with van der Waals surface area (Å²) < 4.78 is 28.6. The third kappa shape index (κ3) is 6.20. The fourth-order valence-electron chi connectivity index (χ4n) is 1.65. The van der Waals surface area contributed by atoms with Crippen molar-refractivity contribution in [2.45, 2.75) is 11.8 Å². The van der Waals surface area contributed by atoms with Gasteiger partial charge in [0.15, 0.2) is 0 Å². The minimum Gasteiger partial charge on any atom is -0.480 e. The number of nitrogens with zero attached hydrogens (tertiary/aromatic N) is 1. The van der Waals surface area contributed by atoms with E-state index in [1.54, 1.807) is 12.1 Å². The highest BCUT2D eigenvalue weighted by atomic mass is 32.2. The molecule has 0 aliphatic heterocycles. The van der Waals surface area contributed by atoms with Gasteiger partial charge in [-0.05, 0) is 19.1 Å². The molecule has 22 heavy (non-hydrogen) atoms. The monoisotopic (exact) mass is 331 g/mol. The van der Waals surface area contributed by atoms with Gasteiger partial charge in [0.05, 0.1) is 24.6 Å². The van der Waals surface area contributed by atoms with Crippen LogP contribution in [0.15, 0.2) is 29.2 Å². The molecule has 0 aromatic heterocycles. The molecule has 0 spiro atoms. The lowest BCUT2D eigenvalue weighted by Gasteiger charge is -2.17. The second-order valence-electron chi connectivity index (χ2n) is 4.59. The highest BCUT2D eigenvalue weighted by molar-refractivity contribution is 7.86. The molecule has 8 nitrogen and oxygen atoms in total. The molecule has 0 aliphatic rings. The standard InChI is InChI=1S/C13H17NO7S/c1-10-2-4-11(5-3-10)22(19,20)21-7-6-14(8-12(15)16)9-13(17)18/h2-5H,6-9H2,1H3,(H,15,16)(H,17,18). The first kappa shape index (κ1) is 18.1. The van der Waals surface area contributed by atoms with Crippen LogP contribution < -0.4 is 0 Å². The molecular weight excluding hydrogens is 314 g/mol. The van der Waals surface area contributed by atoms with Gasteiger partial charge in [0.2, 0.25) is 0 Å². The number of carboxylic acids is 2. The van der Waals surface area contributed by atoms with E-state index in [4.69, 9.17) is 14.4 Å². The Hall–Kier alpha value is -1.97. The van der Waals surface area contributed by atoms with Gasteiger partial charge in [0, 0.05) is 6.54 Å². The van der Waals surface area contributed by atoms with E-state index in [0.29, 0.717) is 0 Å². The summed E-state index contributed by atoms with van der Waals surface area (Å²) in [6, 6.07) is 6.04. The minimum atomic E-state index is -3.95. The Kier molecular flexibility index (Phi) is 6.47. The molecule has 122 valence electrons. The first-order valence-electron chi connectivity index (χ1n) is 6.33. The normalized spacial score (nSPS) is 11.5.